The molecule has 0 unspecified atom stereocenters. The molecule has 0 saturated carbocycles. The molecule has 2 aliphatic rings. The molecule has 0 spiro atoms. The molecule has 1 radical (unpaired) electrons. The van der Waals surface area contributed by atoms with Crippen LogP contribution in [-0.4, -0.2) is 45.3 Å². The summed E-state index contributed by atoms with van der Waals surface area (Å²) in [6.45, 7) is 0. The molecule has 0 saturated heterocycles. The zero-order valence-electron chi connectivity index (χ0n) is 19.8. The second-order valence-corrected chi connectivity index (χ2v) is 8.54. The predicted octanol–water partition coefficient (Wildman–Crippen LogP) is 4.32. The van der Waals surface area contributed by atoms with E-state index in [1.165, 1.54) is 36.4 Å². The van der Waals surface area contributed by atoms with Crippen LogP contribution in [0.5, 0.6) is 0 Å². The molecule has 0 amide bonds. The maximum Gasteiger partial charge on any atom is 0.335 e. The standard InChI is InChI=1S/2C15H8O4.Co/c2*16-13-9-3-1-2-4-10(9)14(17)12-7-8(15(18)19)5-6-11(12)13;/h2*1-7H,(H,18,19);. The molecule has 9 heteroatoms. The maximum atomic E-state index is 12.3. The Morgan fingerprint density at radius 1 is 0.410 bits per heavy atom. The molecule has 2 aliphatic carbocycles. The van der Waals surface area contributed by atoms with Crippen LogP contribution in [-0.2, 0) is 16.8 Å². The van der Waals surface area contributed by atoms with Gasteiger partial charge in [-0.25, -0.2) is 9.59 Å². The zero-order valence-corrected chi connectivity index (χ0v) is 20.8. The summed E-state index contributed by atoms with van der Waals surface area (Å²) in [7, 11) is 0. The third-order valence-electron chi connectivity index (χ3n) is 6.34. The van der Waals surface area contributed by atoms with Crippen LogP contribution in [0.2, 0.25) is 0 Å². The van der Waals surface area contributed by atoms with E-state index in [-0.39, 0.29) is 73.3 Å². The molecule has 0 aromatic heterocycles. The molecule has 8 nitrogen and oxygen atoms in total. The average molecular weight is 563 g/mol. The van der Waals surface area contributed by atoms with Crippen molar-refractivity contribution in [2.45, 2.75) is 0 Å². The smallest absolute Gasteiger partial charge is 0.335 e. The van der Waals surface area contributed by atoms with Gasteiger partial charge in [-0.05, 0) is 36.4 Å². The molecule has 4 aromatic rings. The van der Waals surface area contributed by atoms with Crippen LogP contribution >= 0.6 is 0 Å². The summed E-state index contributed by atoms with van der Waals surface area (Å²) < 4.78 is 0. The van der Waals surface area contributed by atoms with Crippen LogP contribution in [0.25, 0.3) is 0 Å². The number of rotatable bonds is 2. The van der Waals surface area contributed by atoms with Crippen molar-refractivity contribution in [2.24, 2.45) is 0 Å². The van der Waals surface area contributed by atoms with Gasteiger partial charge in [0.2, 0.25) is 0 Å². The first kappa shape index (κ1) is 27.1. The minimum Gasteiger partial charge on any atom is -0.478 e. The van der Waals surface area contributed by atoms with E-state index in [4.69, 9.17) is 10.2 Å². The van der Waals surface area contributed by atoms with E-state index >= 15 is 0 Å². The summed E-state index contributed by atoms with van der Waals surface area (Å²) in [4.78, 5) is 70.9. The number of carboxylic acids is 2. The molecule has 0 atom stereocenters. The third-order valence-corrected chi connectivity index (χ3v) is 6.34. The Bertz CT molecular complexity index is 1620. The van der Waals surface area contributed by atoms with Crippen molar-refractivity contribution in [3.05, 3.63) is 141 Å². The van der Waals surface area contributed by atoms with Crippen molar-refractivity contribution < 1.29 is 55.8 Å². The molecule has 6 rings (SSSR count). The van der Waals surface area contributed by atoms with Crippen LogP contribution in [0.3, 0.4) is 0 Å². The SMILES string of the molecule is O=C(O)c1ccc2c(c1)C(=O)c1ccccc1C2=O.O=C(O)c1ccc2c(c1)C(=O)c1ccccc1C2=O.[Co]. The fourth-order valence-electron chi connectivity index (χ4n) is 4.46. The van der Waals surface area contributed by atoms with Gasteiger partial charge in [-0.15, -0.1) is 0 Å². The largest absolute Gasteiger partial charge is 0.478 e. The van der Waals surface area contributed by atoms with E-state index < -0.39 is 11.9 Å². The van der Waals surface area contributed by atoms with Crippen LogP contribution in [0.4, 0.5) is 0 Å². The van der Waals surface area contributed by atoms with Crippen molar-refractivity contribution in [3.63, 3.8) is 0 Å². The normalized spacial score (nSPS) is 12.5. The fourth-order valence-corrected chi connectivity index (χ4v) is 4.46. The molecule has 0 bridgehead atoms. The Morgan fingerprint density at radius 2 is 0.667 bits per heavy atom. The molecular formula is C30H16CoO8. The molecule has 4 aromatic carbocycles. The number of hydrogen-bond acceptors (Lipinski definition) is 6. The summed E-state index contributed by atoms with van der Waals surface area (Å²) in [6, 6.07) is 21.1. The Morgan fingerprint density at radius 3 is 0.949 bits per heavy atom. The average Bonchev–Trinajstić information content (AvgIpc) is 2.94. The van der Waals surface area contributed by atoms with Gasteiger partial charge in [0.1, 0.15) is 0 Å². The van der Waals surface area contributed by atoms with Gasteiger partial charge in [0.15, 0.2) is 23.1 Å². The number of carbonyl (C=O) groups excluding carboxylic acids is 4. The summed E-state index contributed by atoms with van der Waals surface area (Å²) in [5.41, 5.74) is 2.20. The summed E-state index contributed by atoms with van der Waals surface area (Å²) in [6.07, 6.45) is 0. The molecule has 39 heavy (non-hydrogen) atoms. The Hall–Kier alpha value is -4.99. The number of carboxylic acid groups (broad SMARTS) is 2. The monoisotopic (exact) mass is 563 g/mol. The first-order valence-corrected chi connectivity index (χ1v) is 11.3. The van der Waals surface area contributed by atoms with E-state index in [0.29, 0.717) is 22.3 Å². The van der Waals surface area contributed by atoms with Crippen LogP contribution in [0.15, 0.2) is 84.9 Å². The molecule has 0 aliphatic heterocycles. The van der Waals surface area contributed by atoms with E-state index in [9.17, 15) is 28.8 Å². The first-order chi connectivity index (χ1) is 18.2. The number of carbonyl (C=O) groups is 6. The van der Waals surface area contributed by atoms with Crippen LogP contribution in [0, 0.1) is 0 Å². The Balaban J connectivity index is 0.000000176. The minimum absolute atomic E-state index is 0. The van der Waals surface area contributed by atoms with Gasteiger partial charge in [-0.3, -0.25) is 19.2 Å². The predicted molar refractivity (Wildman–Crippen MR) is 133 cm³/mol. The fraction of sp³-hybridized carbons (Fsp3) is 0. The van der Waals surface area contributed by atoms with E-state index in [1.54, 1.807) is 48.5 Å². The van der Waals surface area contributed by atoms with Gasteiger partial charge in [0.05, 0.1) is 11.1 Å². The molecular weight excluding hydrogens is 547 g/mol. The van der Waals surface area contributed by atoms with Gasteiger partial charge in [-0.2, -0.15) is 0 Å². The molecule has 0 fully saturated rings. The zero-order chi connectivity index (χ0) is 27.1. The summed E-state index contributed by atoms with van der Waals surface area (Å²) in [5.74, 6) is -3.37. The van der Waals surface area contributed by atoms with Gasteiger partial charge in [-0.1, -0.05) is 48.5 Å². The molecule has 2 N–H and O–H groups in total. The van der Waals surface area contributed by atoms with E-state index in [0.717, 1.165) is 0 Å². The van der Waals surface area contributed by atoms with Gasteiger partial charge in [0, 0.05) is 61.3 Å². The van der Waals surface area contributed by atoms with Gasteiger partial charge >= 0.3 is 11.9 Å². The maximum absolute atomic E-state index is 12.3. The summed E-state index contributed by atoms with van der Waals surface area (Å²) in [5, 5.41) is 17.9. The van der Waals surface area contributed by atoms with Crippen molar-refractivity contribution in [1.82, 2.24) is 0 Å². The number of fused-ring (bicyclic) bond motifs is 4. The number of ketones is 4. The van der Waals surface area contributed by atoms with Gasteiger partial charge in [0.25, 0.3) is 0 Å². The Kier molecular flexibility index (Phi) is 7.22. The molecule has 0 heterocycles. The second-order valence-electron chi connectivity index (χ2n) is 8.54. The Labute approximate surface area is 231 Å². The van der Waals surface area contributed by atoms with Crippen molar-refractivity contribution in [1.29, 1.82) is 0 Å². The first-order valence-electron chi connectivity index (χ1n) is 11.3. The van der Waals surface area contributed by atoms with Crippen molar-refractivity contribution in [2.75, 3.05) is 0 Å². The van der Waals surface area contributed by atoms with Gasteiger partial charge < -0.3 is 10.2 Å². The quantitative estimate of drug-likeness (QED) is 0.317. The summed E-state index contributed by atoms with van der Waals surface area (Å²) >= 11 is 0. The minimum atomic E-state index is -1.12. The van der Waals surface area contributed by atoms with Crippen molar-refractivity contribution >= 4 is 35.1 Å². The number of hydrogen-bond donors (Lipinski definition) is 2. The van der Waals surface area contributed by atoms with Crippen molar-refractivity contribution in [3.8, 4) is 0 Å². The number of aromatic carboxylic acids is 2. The van der Waals surface area contributed by atoms with E-state index in [2.05, 4.69) is 0 Å². The van der Waals surface area contributed by atoms with E-state index in [1.807, 2.05) is 0 Å². The second kappa shape index (κ2) is 10.4. The molecule has 193 valence electrons. The topological polar surface area (TPSA) is 143 Å². The van der Waals surface area contributed by atoms with Crippen LogP contribution in [0.1, 0.15) is 84.4 Å². The third kappa shape index (κ3) is 4.61. The number of benzene rings is 4. The van der Waals surface area contributed by atoms with Crippen LogP contribution < -0.4 is 0 Å².